The summed E-state index contributed by atoms with van der Waals surface area (Å²) in [5.74, 6) is 0.207. The number of amides is 1. The number of hydrogen-bond acceptors (Lipinski definition) is 5. The molecule has 1 aromatic rings. The second kappa shape index (κ2) is 6.93. The molecule has 4 N–H and O–H groups in total. The molecule has 0 bridgehead atoms. The fraction of sp³-hybridized carbons (Fsp3) is 0.500. The van der Waals surface area contributed by atoms with E-state index in [0.29, 0.717) is 12.4 Å². The van der Waals surface area contributed by atoms with Crippen molar-refractivity contribution < 1.29 is 9.90 Å². The molecule has 0 aliphatic rings. The van der Waals surface area contributed by atoms with E-state index in [1.165, 1.54) is 0 Å². The molecule has 1 rings (SSSR count). The number of carbonyl (C=O) groups excluding carboxylic acids is 1. The number of likely N-dealkylation sites (N-methyl/N-ethyl adjacent to an activating group) is 1. The van der Waals surface area contributed by atoms with E-state index in [0.717, 1.165) is 12.2 Å². The number of aromatic nitrogens is 1. The molecule has 100 valence electrons. The van der Waals surface area contributed by atoms with Crippen LogP contribution in [0.25, 0.3) is 0 Å². The Labute approximate surface area is 107 Å². The third-order valence-electron chi connectivity index (χ3n) is 2.53. The fourth-order valence-electron chi connectivity index (χ4n) is 1.48. The van der Waals surface area contributed by atoms with Gasteiger partial charge in [0.15, 0.2) is 0 Å². The van der Waals surface area contributed by atoms with Crippen molar-refractivity contribution in [3.8, 4) is 0 Å². The zero-order valence-corrected chi connectivity index (χ0v) is 10.8. The predicted octanol–water partition coefficient (Wildman–Crippen LogP) is 0.186. The minimum absolute atomic E-state index is 0.0943. The van der Waals surface area contributed by atoms with Gasteiger partial charge in [-0.1, -0.05) is 0 Å². The molecule has 1 atom stereocenters. The van der Waals surface area contributed by atoms with Gasteiger partial charge in [0.05, 0.1) is 24.5 Å². The van der Waals surface area contributed by atoms with Gasteiger partial charge >= 0.3 is 0 Å². The Bertz CT molecular complexity index is 378. The molecule has 0 saturated heterocycles. The number of rotatable bonds is 6. The zero-order valence-electron chi connectivity index (χ0n) is 10.8. The Morgan fingerprint density at radius 3 is 2.78 bits per heavy atom. The maximum absolute atomic E-state index is 11.4. The lowest BCUT2D eigenvalue weighted by Gasteiger charge is -2.21. The van der Waals surface area contributed by atoms with Crippen molar-refractivity contribution in [3.63, 3.8) is 0 Å². The van der Waals surface area contributed by atoms with E-state index < -0.39 is 6.04 Å². The highest BCUT2D eigenvalue weighted by atomic mass is 16.3. The van der Waals surface area contributed by atoms with Crippen LogP contribution < -0.4 is 16.0 Å². The lowest BCUT2D eigenvalue weighted by atomic mass is 10.3. The van der Waals surface area contributed by atoms with Gasteiger partial charge in [0.1, 0.15) is 5.82 Å². The van der Waals surface area contributed by atoms with E-state index in [-0.39, 0.29) is 12.5 Å². The van der Waals surface area contributed by atoms with Gasteiger partial charge in [0.25, 0.3) is 0 Å². The van der Waals surface area contributed by atoms with Crippen molar-refractivity contribution in [1.82, 2.24) is 4.98 Å². The van der Waals surface area contributed by atoms with Crippen LogP contribution >= 0.6 is 0 Å². The smallest absolute Gasteiger partial charge is 0.242 e. The molecule has 0 saturated carbocycles. The average molecular weight is 252 g/mol. The third-order valence-corrected chi connectivity index (χ3v) is 2.53. The standard InChI is InChI=1S/C12H20N4O2/c1-3-16(6-7-17)10-4-5-11(14-8-10)15-12(18)9(2)13/h4-5,8-9,17H,3,6-7,13H2,1-2H3,(H,14,15,18). The number of nitrogens with zero attached hydrogens (tertiary/aromatic N) is 2. The number of aliphatic hydroxyl groups is 1. The van der Waals surface area contributed by atoms with Crippen LogP contribution in [0.2, 0.25) is 0 Å². The Kier molecular flexibility index (Phi) is 5.54. The lowest BCUT2D eigenvalue weighted by Crippen LogP contribution is -2.32. The lowest BCUT2D eigenvalue weighted by molar-refractivity contribution is -0.117. The highest BCUT2D eigenvalue weighted by Gasteiger charge is 2.09. The van der Waals surface area contributed by atoms with E-state index >= 15 is 0 Å². The van der Waals surface area contributed by atoms with Crippen molar-refractivity contribution in [2.45, 2.75) is 19.9 Å². The molecule has 6 nitrogen and oxygen atoms in total. The number of nitrogens with one attached hydrogen (secondary N) is 1. The molecule has 1 unspecified atom stereocenters. The first kappa shape index (κ1) is 14.4. The Hall–Kier alpha value is -1.66. The van der Waals surface area contributed by atoms with E-state index in [4.69, 9.17) is 10.8 Å². The number of aliphatic hydroxyl groups excluding tert-OH is 1. The molecular formula is C12H20N4O2. The normalized spacial score (nSPS) is 12.0. The van der Waals surface area contributed by atoms with Gasteiger partial charge in [0, 0.05) is 13.1 Å². The van der Waals surface area contributed by atoms with Gasteiger partial charge in [-0.3, -0.25) is 4.79 Å². The van der Waals surface area contributed by atoms with Gasteiger partial charge in [-0.25, -0.2) is 4.98 Å². The fourth-order valence-corrected chi connectivity index (χ4v) is 1.48. The van der Waals surface area contributed by atoms with Crippen LogP contribution in [0.3, 0.4) is 0 Å². The summed E-state index contributed by atoms with van der Waals surface area (Å²) in [5, 5.41) is 11.5. The molecule has 18 heavy (non-hydrogen) atoms. The van der Waals surface area contributed by atoms with Crippen LogP contribution in [0, 0.1) is 0 Å². The van der Waals surface area contributed by atoms with Crippen LogP contribution in [-0.4, -0.2) is 41.7 Å². The summed E-state index contributed by atoms with van der Waals surface area (Å²) in [5.41, 5.74) is 6.35. The van der Waals surface area contributed by atoms with E-state index in [2.05, 4.69) is 10.3 Å². The summed E-state index contributed by atoms with van der Waals surface area (Å²) in [7, 11) is 0. The van der Waals surface area contributed by atoms with Crippen LogP contribution in [0.1, 0.15) is 13.8 Å². The molecule has 0 radical (unpaired) electrons. The maximum Gasteiger partial charge on any atom is 0.242 e. The molecule has 1 heterocycles. The van der Waals surface area contributed by atoms with E-state index in [1.54, 1.807) is 19.2 Å². The Balaban J connectivity index is 2.70. The molecule has 0 aromatic carbocycles. The predicted molar refractivity (Wildman–Crippen MR) is 71.5 cm³/mol. The first-order chi connectivity index (χ1) is 8.58. The molecule has 0 spiro atoms. The summed E-state index contributed by atoms with van der Waals surface area (Å²) in [6.45, 7) is 5.06. The first-order valence-electron chi connectivity index (χ1n) is 5.96. The van der Waals surface area contributed by atoms with Crippen molar-refractivity contribution in [3.05, 3.63) is 18.3 Å². The molecule has 0 fully saturated rings. The summed E-state index contributed by atoms with van der Waals surface area (Å²) in [6, 6.07) is 3.01. The zero-order chi connectivity index (χ0) is 13.5. The number of pyridine rings is 1. The molecular weight excluding hydrogens is 232 g/mol. The van der Waals surface area contributed by atoms with Gasteiger partial charge in [-0.05, 0) is 26.0 Å². The van der Waals surface area contributed by atoms with Gasteiger partial charge in [-0.2, -0.15) is 0 Å². The van der Waals surface area contributed by atoms with E-state index in [9.17, 15) is 4.79 Å². The monoisotopic (exact) mass is 252 g/mol. The number of anilines is 2. The number of hydrogen-bond donors (Lipinski definition) is 3. The quantitative estimate of drug-likeness (QED) is 0.672. The molecule has 0 aliphatic carbocycles. The van der Waals surface area contributed by atoms with Crippen LogP contribution in [0.15, 0.2) is 18.3 Å². The topological polar surface area (TPSA) is 91.5 Å². The van der Waals surface area contributed by atoms with Crippen LogP contribution in [0.4, 0.5) is 11.5 Å². The van der Waals surface area contributed by atoms with Crippen LogP contribution in [0.5, 0.6) is 0 Å². The number of nitrogens with two attached hydrogens (primary N) is 1. The van der Waals surface area contributed by atoms with E-state index in [1.807, 2.05) is 17.9 Å². The second-order valence-electron chi connectivity index (χ2n) is 3.98. The second-order valence-corrected chi connectivity index (χ2v) is 3.98. The van der Waals surface area contributed by atoms with Crippen molar-refractivity contribution in [2.24, 2.45) is 5.73 Å². The Morgan fingerprint density at radius 2 is 2.33 bits per heavy atom. The Morgan fingerprint density at radius 1 is 1.61 bits per heavy atom. The minimum atomic E-state index is -0.562. The summed E-state index contributed by atoms with van der Waals surface area (Å²) in [6.07, 6.45) is 1.66. The third kappa shape index (κ3) is 3.97. The summed E-state index contributed by atoms with van der Waals surface area (Å²) >= 11 is 0. The van der Waals surface area contributed by atoms with Crippen molar-refractivity contribution >= 4 is 17.4 Å². The number of carbonyl (C=O) groups is 1. The van der Waals surface area contributed by atoms with Crippen molar-refractivity contribution in [2.75, 3.05) is 29.9 Å². The molecule has 1 aromatic heterocycles. The average Bonchev–Trinajstić information content (AvgIpc) is 2.37. The summed E-state index contributed by atoms with van der Waals surface area (Å²) in [4.78, 5) is 17.5. The SMILES string of the molecule is CCN(CCO)c1ccc(NC(=O)C(C)N)nc1. The minimum Gasteiger partial charge on any atom is -0.395 e. The van der Waals surface area contributed by atoms with Gasteiger partial charge in [0.2, 0.25) is 5.91 Å². The molecule has 0 aliphatic heterocycles. The largest absolute Gasteiger partial charge is 0.395 e. The van der Waals surface area contributed by atoms with Crippen LogP contribution in [-0.2, 0) is 4.79 Å². The summed E-state index contributed by atoms with van der Waals surface area (Å²) < 4.78 is 0. The van der Waals surface area contributed by atoms with Gasteiger partial charge in [-0.15, -0.1) is 0 Å². The molecule has 6 heteroatoms. The van der Waals surface area contributed by atoms with Crippen molar-refractivity contribution in [1.29, 1.82) is 0 Å². The molecule has 1 amide bonds. The van der Waals surface area contributed by atoms with Gasteiger partial charge < -0.3 is 21.1 Å². The highest BCUT2D eigenvalue weighted by molar-refractivity contribution is 5.93. The maximum atomic E-state index is 11.4. The first-order valence-corrected chi connectivity index (χ1v) is 5.96. The highest BCUT2D eigenvalue weighted by Crippen LogP contribution is 2.14.